The molecule has 0 aromatic heterocycles. The second-order valence-corrected chi connectivity index (χ2v) is 5.25. The molecule has 0 aliphatic carbocycles. The largest absolute Gasteiger partial charge is 0.426 e. The zero-order valence-electron chi connectivity index (χ0n) is 13.5. The Bertz CT molecular complexity index is 723. The van der Waals surface area contributed by atoms with Crippen molar-refractivity contribution in [2.75, 3.05) is 11.4 Å². The second-order valence-electron chi connectivity index (χ2n) is 4.90. The van der Waals surface area contributed by atoms with E-state index in [0.29, 0.717) is 6.54 Å². The Kier molecular flexibility index (Phi) is 6.03. The van der Waals surface area contributed by atoms with E-state index in [9.17, 15) is 9.59 Å². The number of amides is 2. The van der Waals surface area contributed by atoms with Gasteiger partial charge in [-0.15, -0.1) is 0 Å². The van der Waals surface area contributed by atoms with E-state index in [-0.39, 0.29) is 22.7 Å². The van der Waals surface area contributed by atoms with Crippen molar-refractivity contribution in [3.8, 4) is 0 Å². The molecular weight excluding hydrogens is 324 g/mol. The van der Waals surface area contributed by atoms with Crippen LogP contribution in [0, 0.1) is 0 Å². The van der Waals surface area contributed by atoms with Gasteiger partial charge in [0.2, 0.25) is 5.91 Å². The Balaban J connectivity index is 2.04. The maximum absolute atomic E-state index is 11.9. The molecule has 6 heteroatoms. The smallest absolute Gasteiger partial charge is 0.297 e. The number of nitrogens with zero attached hydrogens (tertiary/aromatic N) is 2. The zero-order valence-corrected chi connectivity index (χ0v) is 14.3. The molecular formula is C18H18N2O3S. The minimum absolute atomic E-state index is 0.0950. The third-order valence-electron chi connectivity index (χ3n) is 3.27. The van der Waals surface area contributed by atoms with E-state index in [1.807, 2.05) is 37.3 Å². The van der Waals surface area contributed by atoms with Gasteiger partial charge in [-0.25, -0.2) is 0 Å². The van der Waals surface area contributed by atoms with Crippen LogP contribution in [-0.4, -0.2) is 28.4 Å². The number of thiocarbonyl (C=S) groups is 1. The van der Waals surface area contributed by atoms with E-state index in [4.69, 9.17) is 17.0 Å². The molecule has 1 saturated heterocycles. The molecule has 1 aromatic rings. The molecule has 1 aliphatic heterocycles. The summed E-state index contributed by atoms with van der Waals surface area (Å²) in [6.45, 7) is 3.80. The first-order chi connectivity index (χ1) is 11.5. The number of carbonyl (C=O) groups excluding carboxylic acids is 2. The van der Waals surface area contributed by atoms with Crippen LogP contribution >= 0.6 is 12.2 Å². The minimum atomic E-state index is -0.245. The highest BCUT2D eigenvalue weighted by Gasteiger charge is 2.31. The highest BCUT2D eigenvalue weighted by Crippen LogP contribution is 2.16. The van der Waals surface area contributed by atoms with Gasteiger partial charge in [-0.05, 0) is 43.4 Å². The van der Waals surface area contributed by atoms with E-state index in [1.165, 1.54) is 16.7 Å². The lowest BCUT2D eigenvalue weighted by atomic mass is 10.3. The van der Waals surface area contributed by atoms with Crippen molar-refractivity contribution < 1.29 is 14.3 Å². The number of anilines is 1. The molecule has 24 heavy (non-hydrogen) atoms. The van der Waals surface area contributed by atoms with Crippen molar-refractivity contribution in [1.82, 2.24) is 4.90 Å². The van der Waals surface area contributed by atoms with E-state index < -0.39 is 0 Å². The molecule has 1 heterocycles. The maximum atomic E-state index is 11.9. The summed E-state index contributed by atoms with van der Waals surface area (Å²) in [4.78, 5) is 26.6. The van der Waals surface area contributed by atoms with Crippen molar-refractivity contribution >= 4 is 34.9 Å². The highest BCUT2D eigenvalue weighted by atomic mass is 32.1. The number of hydrogen-bond donors (Lipinski definition) is 0. The van der Waals surface area contributed by atoms with E-state index in [0.717, 1.165) is 5.69 Å². The number of likely N-dealkylation sites (N-methyl/N-ethyl adjacent to an activating group) is 1. The van der Waals surface area contributed by atoms with Crippen LogP contribution in [0.3, 0.4) is 0 Å². The van der Waals surface area contributed by atoms with Crippen LogP contribution in [0.2, 0.25) is 0 Å². The second kappa shape index (κ2) is 8.21. The zero-order chi connectivity index (χ0) is 17.5. The number of hydrogen-bond acceptors (Lipinski definition) is 4. The number of benzene rings is 1. The summed E-state index contributed by atoms with van der Waals surface area (Å²) in [6.07, 6.45) is 8.29. The van der Waals surface area contributed by atoms with Gasteiger partial charge in [-0.1, -0.05) is 30.4 Å². The Morgan fingerprint density at radius 1 is 1.25 bits per heavy atom. The summed E-state index contributed by atoms with van der Waals surface area (Å²) < 4.78 is 5.24. The van der Waals surface area contributed by atoms with Crippen molar-refractivity contribution in [1.29, 1.82) is 0 Å². The van der Waals surface area contributed by atoms with Crippen molar-refractivity contribution in [3.63, 3.8) is 0 Å². The normalized spacial score (nSPS) is 16.4. The van der Waals surface area contributed by atoms with Gasteiger partial charge in [0.25, 0.3) is 11.1 Å². The Morgan fingerprint density at radius 3 is 2.54 bits per heavy atom. The van der Waals surface area contributed by atoms with Gasteiger partial charge in [-0.3, -0.25) is 19.4 Å². The van der Waals surface area contributed by atoms with Crippen LogP contribution in [0.4, 0.5) is 5.69 Å². The number of para-hydroxylation sites is 1. The number of carbonyl (C=O) groups is 2. The SMILES string of the molecule is CCN1C(=O)/C(=C/C=C/C=C\N(C(C)=O)c2ccccc2)OC1=S. The molecule has 5 nitrogen and oxygen atoms in total. The fraction of sp³-hybridized carbons (Fsp3) is 0.167. The molecule has 2 amide bonds. The van der Waals surface area contributed by atoms with Gasteiger partial charge in [0, 0.05) is 25.4 Å². The third kappa shape index (κ3) is 4.17. The van der Waals surface area contributed by atoms with Gasteiger partial charge < -0.3 is 4.74 Å². The summed E-state index contributed by atoms with van der Waals surface area (Å²) in [6, 6.07) is 9.32. The van der Waals surface area contributed by atoms with Crippen molar-refractivity contribution in [2.45, 2.75) is 13.8 Å². The predicted molar refractivity (Wildman–Crippen MR) is 97.0 cm³/mol. The Hall–Kier alpha value is -2.73. The van der Waals surface area contributed by atoms with Crippen molar-refractivity contribution in [2.24, 2.45) is 0 Å². The monoisotopic (exact) mass is 342 g/mol. The lowest BCUT2D eigenvalue weighted by molar-refractivity contribution is -0.122. The van der Waals surface area contributed by atoms with E-state index in [1.54, 1.807) is 30.5 Å². The van der Waals surface area contributed by atoms with Crippen LogP contribution < -0.4 is 4.90 Å². The molecule has 0 radical (unpaired) electrons. The molecule has 1 fully saturated rings. The number of ether oxygens (including phenoxy) is 1. The highest BCUT2D eigenvalue weighted by molar-refractivity contribution is 7.80. The standard InChI is InChI=1S/C18H18N2O3S/c1-3-19-17(22)16(23-18(19)24)12-8-5-9-13-20(14(2)21)15-10-6-4-7-11-15/h4-13H,3H2,1-2H3/b8-5+,13-9-,16-12-. The molecule has 0 saturated carbocycles. The Labute approximate surface area is 146 Å². The third-order valence-corrected chi connectivity index (χ3v) is 3.57. The molecule has 0 N–H and O–H groups in total. The molecule has 1 aromatic carbocycles. The fourth-order valence-corrected chi connectivity index (χ4v) is 2.39. The fourth-order valence-electron chi connectivity index (χ4n) is 2.09. The maximum Gasteiger partial charge on any atom is 0.297 e. The van der Waals surface area contributed by atoms with Crippen LogP contribution in [0.25, 0.3) is 0 Å². The minimum Gasteiger partial charge on any atom is -0.426 e. The average molecular weight is 342 g/mol. The number of rotatable bonds is 5. The van der Waals surface area contributed by atoms with Crippen molar-refractivity contribution in [3.05, 3.63) is 66.6 Å². The molecule has 124 valence electrons. The molecule has 0 unspecified atom stereocenters. The first-order valence-electron chi connectivity index (χ1n) is 7.48. The first kappa shape index (κ1) is 17.6. The van der Waals surface area contributed by atoms with Gasteiger partial charge >= 0.3 is 0 Å². The van der Waals surface area contributed by atoms with E-state index in [2.05, 4.69) is 0 Å². The van der Waals surface area contributed by atoms with Crippen LogP contribution in [0.1, 0.15) is 13.8 Å². The van der Waals surface area contributed by atoms with Crippen LogP contribution in [-0.2, 0) is 14.3 Å². The van der Waals surface area contributed by atoms with Gasteiger partial charge in [0.1, 0.15) is 0 Å². The summed E-state index contributed by atoms with van der Waals surface area (Å²) in [5, 5.41) is 0.171. The van der Waals surface area contributed by atoms with E-state index >= 15 is 0 Å². The summed E-state index contributed by atoms with van der Waals surface area (Å²) in [5.41, 5.74) is 0.784. The quantitative estimate of drug-likeness (QED) is 0.469. The predicted octanol–water partition coefficient (Wildman–Crippen LogP) is 3.16. The molecule has 1 aliphatic rings. The lowest BCUT2D eigenvalue weighted by Crippen LogP contribution is -2.27. The topological polar surface area (TPSA) is 49.9 Å². The number of allylic oxidation sites excluding steroid dienone is 4. The molecule has 0 bridgehead atoms. The molecule has 0 atom stereocenters. The summed E-state index contributed by atoms with van der Waals surface area (Å²) in [7, 11) is 0. The molecule has 0 spiro atoms. The first-order valence-corrected chi connectivity index (χ1v) is 7.89. The van der Waals surface area contributed by atoms with Gasteiger partial charge in [0.15, 0.2) is 5.76 Å². The van der Waals surface area contributed by atoms with Gasteiger partial charge in [0.05, 0.1) is 0 Å². The van der Waals surface area contributed by atoms with Crippen LogP contribution in [0.5, 0.6) is 0 Å². The summed E-state index contributed by atoms with van der Waals surface area (Å²) >= 11 is 4.97. The average Bonchev–Trinajstić information content (AvgIpc) is 2.84. The van der Waals surface area contributed by atoms with Gasteiger partial charge in [-0.2, -0.15) is 0 Å². The molecule has 2 rings (SSSR count). The summed E-state index contributed by atoms with van der Waals surface area (Å²) in [5.74, 6) is -0.147. The lowest BCUT2D eigenvalue weighted by Gasteiger charge is -2.15. The Morgan fingerprint density at radius 2 is 1.96 bits per heavy atom. The van der Waals surface area contributed by atoms with Crippen LogP contribution in [0.15, 0.2) is 66.6 Å².